The fourth-order valence-corrected chi connectivity index (χ4v) is 3.77. The molecule has 1 aromatic rings. The van der Waals surface area contributed by atoms with E-state index in [1.807, 2.05) is 18.2 Å². The molecule has 2 rings (SSSR count). The number of rotatable bonds is 5. The average Bonchev–Trinajstić information content (AvgIpc) is 2.44. The van der Waals surface area contributed by atoms with E-state index < -0.39 is 14.8 Å². The number of hydrogen-bond donors (Lipinski definition) is 1. The highest BCUT2D eigenvalue weighted by Crippen LogP contribution is 2.33. The van der Waals surface area contributed by atoms with Crippen molar-refractivity contribution >= 4 is 32.0 Å². The Hall–Kier alpha value is -1.11. The Labute approximate surface area is 146 Å². The molecule has 0 unspecified atom stereocenters. The highest BCUT2D eigenvalue weighted by molar-refractivity contribution is 9.10. The quantitative estimate of drug-likeness (QED) is 0.751. The van der Waals surface area contributed by atoms with Gasteiger partial charge in [0, 0.05) is 10.0 Å². The Morgan fingerprint density at radius 2 is 2.13 bits per heavy atom. The minimum Gasteiger partial charge on any atom is -0.496 e. The van der Waals surface area contributed by atoms with E-state index in [4.69, 9.17) is 4.74 Å². The Bertz CT molecular complexity index is 733. The molecule has 126 valence electrons. The standard InChI is InChI=1S/C17H22BrNO3S/c1-5-6-16(19-23(20,21)17(2,3)4)14-10-13(18)9-12-7-8-22-11-15(12)14/h5,7-10,16,19H,1,6,11H2,2-4H3/t16-/m0/s1. The molecule has 1 N–H and O–H groups in total. The number of hydrogen-bond acceptors (Lipinski definition) is 3. The maximum Gasteiger partial charge on any atom is 0.217 e. The second kappa shape index (κ2) is 6.79. The predicted molar refractivity (Wildman–Crippen MR) is 97.3 cm³/mol. The summed E-state index contributed by atoms with van der Waals surface area (Å²) >= 11 is 3.50. The molecule has 0 saturated heterocycles. The summed E-state index contributed by atoms with van der Waals surface area (Å²) in [7, 11) is -3.48. The molecule has 0 aliphatic carbocycles. The third kappa shape index (κ3) is 4.05. The third-order valence-corrected chi connectivity index (χ3v) is 6.40. The van der Waals surface area contributed by atoms with Crippen LogP contribution in [-0.2, 0) is 21.4 Å². The van der Waals surface area contributed by atoms with Gasteiger partial charge in [0.2, 0.25) is 10.0 Å². The van der Waals surface area contributed by atoms with Gasteiger partial charge in [-0.2, -0.15) is 0 Å². The van der Waals surface area contributed by atoms with Crippen LogP contribution in [0.1, 0.15) is 49.9 Å². The van der Waals surface area contributed by atoms with Crippen molar-refractivity contribution in [2.45, 2.75) is 44.6 Å². The number of halogens is 1. The van der Waals surface area contributed by atoms with E-state index in [0.29, 0.717) is 13.0 Å². The van der Waals surface area contributed by atoms with Crippen LogP contribution in [0.25, 0.3) is 6.08 Å². The first kappa shape index (κ1) is 18.2. The van der Waals surface area contributed by atoms with Crippen LogP contribution in [0.15, 0.2) is 35.5 Å². The zero-order valence-corrected chi connectivity index (χ0v) is 16.0. The molecule has 0 bridgehead atoms. The van der Waals surface area contributed by atoms with Crippen LogP contribution >= 0.6 is 15.9 Å². The number of ether oxygens (including phenoxy) is 1. The van der Waals surface area contributed by atoms with Gasteiger partial charge >= 0.3 is 0 Å². The first-order chi connectivity index (χ1) is 10.7. The van der Waals surface area contributed by atoms with Crippen molar-refractivity contribution in [3.63, 3.8) is 0 Å². The lowest BCUT2D eigenvalue weighted by atomic mass is 9.94. The molecular formula is C17H22BrNO3S. The monoisotopic (exact) mass is 399 g/mol. The van der Waals surface area contributed by atoms with Crippen LogP contribution in [-0.4, -0.2) is 13.2 Å². The summed E-state index contributed by atoms with van der Waals surface area (Å²) in [6, 6.07) is 3.57. The van der Waals surface area contributed by atoms with E-state index >= 15 is 0 Å². The summed E-state index contributed by atoms with van der Waals surface area (Å²) < 4.78 is 33.4. The molecule has 0 saturated carbocycles. The largest absolute Gasteiger partial charge is 0.496 e. The smallest absolute Gasteiger partial charge is 0.217 e. The molecule has 0 fully saturated rings. The lowest BCUT2D eigenvalue weighted by Gasteiger charge is -2.27. The molecular weight excluding hydrogens is 378 g/mol. The van der Waals surface area contributed by atoms with Crippen LogP contribution < -0.4 is 4.72 Å². The molecule has 1 heterocycles. The molecule has 0 aromatic heterocycles. The second-order valence-corrected chi connectivity index (χ2v) is 9.87. The van der Waals surface area contributed by atoms with Gasteiger partial charge in [0.1, 0.15) is 6.61 Å². The van der Waals surface area contributed by atoms with Gasteiger partial charge in [-0.05, 0) is 56.5 Å². The highest BCUT2D eigenvalue weighted by Gasteiger charge is 2.32. The molecule has 0 spiro atoms. The van der Waals surface area contributed by atoms with E-state index in [1.165, 1.54) is 0 Å². The van der Waals surface area contributed by atoms with Crippen LogP contribution in [0, 0.1) is 0 Å². The van der Waals surface area contributed by atoms with Crippen molar-refractivity contribution in [1.29, 1.82) is 0 Å². The van der Waals surface area contributed by atoms with Crippen molar-refractivity contribution in [2.75, 3.05) is 0 Å². The maximum absolute atomic E-state index is 12.6. The molecule has 1 aliphatic heterocycles. The zero-order chi connectivity index (χ0) is 17.3. The Balaban J connectivity index is 2.49. The van der Waals surface area contributed by atoms with E-state index in [-0.39, 0.29) is 6.04 Å². The average molecular weight is 400 g/mol. The zero-order valence-electron chi connectivity index (χ0n) is 13.6. The molecule has 4 nitrogen and oxygen atoms in total. The van der Waals surface area contributed by atoms with Crippen LogP contribution in [0.5, 0.6) is 0 Å². The number of benzene rings is 1. The number of sulfonamides is 1. The normalized spacial score (nSPS) is 15.7. The SMILES string of the molecule is C=CC[C@H](NS(=O)(=O)C(C)(C)C)c1cc(Br)cc2c1COC=C2. The summed E-state index contributed by atoms with van der Waals surface area (Å²) in [6.45, 7) is 9.24. The Kier molecular flexibility index (Phi) is 5.38. The molecule has 1 aliphatic rings. The topological polar surface area (TPSA) is 55.4 Å². The van der Waals surface area contributed by atoms with Crippen molar-refractivity contribution in [2.24, 2.45) is 0 Å². The Morgan fingerprint density at radius 3 is 2.74 bits per heavy atom. The fraction of sp³-hybridized carbons (Fsp3) is 0.412. The predicted octanol–water partition coefficient (Wildman–Crippen LogP) is 4.29. The third-order valence-electron chi connectivity index (χ3n) is 3.74. The maximum atomic E-state index is 12.6. The molecule has 6 heteroatoms. The van der Waals surface area contributed by atoms with Crippen molar-refractivity contribution in [3.05, 3.63) is 52.2 Å². The molecule has 0 amide bonds. The first-order valence-electron chi connectivity index (χ1n) is 7.39. The Morgan fingerprint density at radius 1 is 1.43 bits per heavy atom. The molecule has 23 heavy (non-hydrogen) atoms. The minimum absolute atomic E-state index is 0.377. The van der Waals surface area contributed by atoms with Gasteiger partial charge in [-0.3, -0.25) is 0 Å². The summed E-state index contributed by atoms with van der Waals surface area (Å²) in [4.78, 5) is 0. The minimum atomic E-state index is -3.48. The lowest BCUT2D eigenvalue weighted by Crippen LogP contribution is -2.41. The van der Waals surface area contributed by atoms with E-state index in [1.54, 1.807) is 33.1 Å². The van der Waals surface area contributed by atoms with E-state index in [0.717, 1.165) is 21.2 Å². The van der Waals surface area contributed by atoms with Crippen LogP contribution in [0.4, 0.5) is 0 Å². The summed E-state index contributed by atoms with van der Waals surface area (Å²) in [5, 5.41) is 0. The molecule has 1 atom stereocenters. The van der Waals surface area contributed by atoms with Gasteiger partial charge in [-0.25, -0.2) is 13.1 Å². The molecule has 1 aromatic carbocycles. The van der Waals surface area contributed by atoms with Crippen molar-refractivity contribution in [3.8, 4) is 0 Å². The van der Waals surface area contributed by atoms with Crippen molar-refractivity contribution in [1.82, 2.24) is 4.72 Å². The van der Waals surface area contributed by atoms with Gasteiger partial charge in [0.05, 0.1) is 17.1 Å². The van der Waals surface area contributed by atoms with Gasteiger partial charge in [0.25, 0.3) is 0 Å². The van der Waals surface area contributed by atoms with Gasteiger partial charge < -0.3 is 4.74 Å². The van der Waals surface area contributed by atoms with Crippen molar-refractivity contribution < 1.29 is 13.2 Å². The van der Waals surface area contributed by atoms with Gasteiger partial charge in [-0.15, -0.1) is 6.58 Å². The van der Waals surface area contributed by atoms with Gasteiger partial charge in [-0.1, -0.05) is 22.0 Å². The second-order valence-electron chi connectivity index (χ2n) is 6.49. The number of nitrogens with one attached hydrogen (secondary N) is 1. The summed E-state index contributed by atoms with van der Waals surface area (Å²) in [5.41, 5.74) is 2.94. The van der Waals surface area contributed by atoms with Crippen LogP contribution in [0.3, 0.4) is 0 Å². The van der Waals surface area contributed by atoms with Gasteiger partial charge in [0.15, 0.2) is 0 Å². The first-order valence-corrected chi connectivity index (χ1v) is 9.66. The van der Waals surface area contributed by atoms with E-state index in [2.05, 4.69) is 27.2 Å². The molecule has 0 radical (unpaired) electrons. The lowest BCUT2D eigenvalue weighted by molar-refractivity contribution is 0.232. The number of fused-ring (bicyclic) bond motifs is 1. The fourth-order valence-electron chi connectivity index (χ4n) is 2.33. The summed E-state index contributed by atoms with van der Waals surface area (Å²) in [6.07, 6.45) is 5.77. The van der Waals surface area contributed by atoms with E-state index in [9.17, 15) is 8.42 Å². The highest BCUT2D eigenvalue weighted by atomic mass is 79.9. The van der Waals surface area contributed by atoms with Crippen LogP contribution in [0.2, 0.25) is 0 Å². The summed E-state index contributed by atoms with van der Waals surface area (Å²) in [5.74, 6) is 0.